The maximum absolute atomic E-state index is 12.2. The molecular weight excluding hydrogens is 1410 g/mol. The van der Waals surface area contributed by atoms with Crippen molar-refractivity contribution in [1.29, 1.82) is 0 Å². The van der Waals surface area contributed by atoms with Gasteiger partial charge in [-0.1, -0.05) is 218 Å². The number of para-hydroxylation sites is 4. The van der Waals surface area contributed by atoms with Crippen LogP contribution < -0.4 is 20.4 Å². The molecule has 14 nitrogen and oxygen atoms in total. The Morgan fingerprint density at radius 2 is 0.447 bits per heavy atom. The maximum atomic E-state index is 12.2. The standard InChI is InChI=1S/2C28H24N2O2.2C2H6O.4O.2U/c2*31-25-17-9-7-15-23(25)19-29-27(21-11-3-1-4-12-21)28(22-13-5-2-6-14-22)30-20-24-16-8-10-18-26(24)32;2*1-2-3;;;;;;/h2*1-20,27-28,31-32H;2*3H,2H2,1H3;;;;;;/q;;;;4*-2;;/p-4/t2*27-,28-;;;;;;;;/m11......../s1. The minimum absolute atomic E-state index is 0. The number of aliphatic hydroxyl groups is 2. The quantitative estimate of drug-likeness (QED) is 0.0999. The molecule has 16 heteroatoms. The summed E-state index contributed by atoms with van der Waals surface area (Å²) in [7, 11) is 0. The number of benzene rings is 8. The van der Waals surface area contributed by atoms with Crippen LogP contribution in [0.15, 0.2) is 238 Å². The predicted octanol–water partition coefficient (Wildman–Crippen LogP) is 9.23. The van der Waals surface area contributed by atoms with Gasteiger partial charge in [0, 0.05) is 100 Å². The molecule has 0 aliphatic rings. The van der Waals surface area contributed by atoms with E-state index in [1.807, 2.05) is 146 Å². The van der Waals surface area contributed by atoms with E-state index in [9.17, 15) is 20.4 Å². The van der Waals surface area contributed by atoms with Crippen LogP contribution in [0.25, 0.3) is 0 Å². The van der Waals surface area contributed by atoms with Gasteiger partial charge in [-0.05, 0) is 58.4 Å². The monoisotopic (exact) mass is 1470 g/mol. The minimum atomic E-state index is -0.381. The summed E-state index contributed by atoms with van der Waals surface area (Å²) in [6.45, 7) is 3.86. The molecule has 4 atom stereocenters. The third kappa shape index (κ3) is 23.2. The van der Waals surface area contributed by atoms with E-state index in [0.29, 0.717) is 22.3 Å². The molecule has 0 heterocycles. The third-order valence-electron chi connectivity index (χ3n) is 10.3. The summed E-state index contributed by atoms with van der Waals surface area (Å²) in [6, 6.07) is 65.1. The fourth-order valence-corrected chi connectivity index (χ4v) is 6.99. The molecule has 396 valence electrons. The Hall–Kier alpha value is -6.50. The van der Waals surface area contributed by atoms with Crippen molar-refractivity contribution in [3.63, 3.8) is 0 Å². The third-order valence-corrected chi connectivity index (χ3v) is 10.3. The number of aliphatic hydroxyl groups excluding tert-OH is 2. The Labute approximate surface area is 492 Å². The van der Waals surface area contributed by atoms with Crippen LogP contribution in [0.4, 0.5) is 0 Å². The summed E-state index contributed by atoms with van der Waals surface area (Å²) < 4.78 is 0. The number of hydrogen-bond acceptors (Lipinski definition) is 10. The van der Waals surface area contributed by atoms with E-state index in [1.54, 1.807) is 87.2 Å². The zero-order chi connectivity index (χ0) is 49.8. The molecule has 2 N–H and O–H groups in total. The summed E-state index contributed by atoms with van der Waals surface area (Å²) >= 11 is 0. The molecule has 0 aromatic heterocycles. The Kier molecular flexibility index (Phi) is 38.4. The zero-order valence-corrected chi connectivity index (χ0v) is 50.1. The van der Waals surface area contributed by atoms with E-state index >= 15 is 0 Å². The average molecular weight is 1470 g/mol. The molecule has 76 heavy (non-hydrogen) atoms. The predicted molar refractivity (Wildman–Crippen MR) is 279 cm³/mol. The second-order valence-electron chi connectivity index (χ2n) is 15.3. The van der Waals surface area contributed by atoms with Gasteiger partial charge in [-0.3, -0.25) is 20.0 Å². The fourth-order valence-electron chi connectivity index (χ4n) is 6.99. The van der Waals surface area contributed by atoms with Gasteiger partial charge in [-0.15, -0.1) is 23.0 Å². The van der Waals surface area contributed by atoms with Crippen LogP contribution >= 0.6 is 0 Å². The van der Waals surface area contributed by atoms with E-state index in [2.05, 4.69) is 0 Å². The van der Waals surface area contributed by atoms with Crippen molar-refractivity contribution < 1.29 is 115 Å². The van der Waals surface area contributed by atoms with Crippen LogP contribution in [0.2, 0.25) is 0 Å². The smallest absolute Gasteiger partial charge is 0.101 e. The summed E-state index contributed by atoms with van der Waals surface area (Å²) in [5, 5.41) is 63.9. The molecule has 0 aliphatic carbocycles. The van der Waals surface area contributed by atoms with Gasteiger partial charge in [0.25, 0.3) is 0 Å². The van der Waals surface area contributed by atoms with Crippen molar-refractivity contribution in [3.05, 3.63) is 263 Å². The summed E-state index contributed by atoms with van der Waals surface area (Å²) in [6.07, 6.45) is 6.47. The minimum Gasteiger partial charge on any atom is -2.00 e. The molecule has 0 saturated heterocycles. The second-order valence-corrected chi connectivity index (χ2v) is 15.3. The summed E-state index contributed by atoms with van der Waals surface area (Å²) in [5.74, 6) is -0.322. The van der Waals surface area contributed by atoms with Gasteiger partial charge in [0.1, 0.15) is 24.2 Å². The Balaban J connectivity index is 0. The largest absolute Gasteiger partial charge is 2.00 e. The molecule has 0 saturated carbocycles. The molecule has 8 rings (SSSR count). The van der Waals surface area contributed by atoms with Crippen molar-refractivity contribution in [2.75, 3.05) is 13.2 Å². The SMILES string of the molecule is CCO.CCO.[O-2].[O-2].[O-2].[O-2].[O-]c1ccccc1C=N[C@H](c1ccccc1)[C@H](N=Cc1ccccc1[O-])c1ccccc1.[O-]c1ccccc1C=N[C@H](c1ccccc1)[C@H](N=Cc1ccccc1[O-])c1ccccc1.[U].[U]. The first-order valence-corrected chi connectivity index (χ1v) is 22.9. The number of hydrogen-bond donors (Lipinski definition) is 2. The molecular formula is C60H56N4O10U2-12. The van der Waals surface area contributed by atoms with Crippen LogP contribution in [0.5, 0.6) is 23.0 Å². The van der Waals surface area contributed by atoms with E-state index in [4.69, 9.17) is 30.2 Å². The van der Waals surface area contributed by atoms with Crippen LogP contribution in [0.1, 0.15) is 82.5 Å². The van der Waals surface area contributed by atoms with E-state index in [1.165, 1.54) is 24.3 Å². The van der Waals surface area contributed by atoms with Gasteiger partial charge in [0.05, 0.1) is 0 Å². The molecule has 0 bridgehead atoms. The van der Waals surface area contributed by atoms with Crippen molar-refractivity contribution in [2.45, 2.75) is 38.0 Å². The van der Waals surface area contributed by atoms with E-state index in [0.717, 1.165) is 22.3 Å². The van der Waals surface area contributed by atoms with Gasteiger partial charge in [0.2, 0.25) is 0 Å². The van der Waals surface area contributed by atoms with Gasteiger partial charge in [-0.2, -0.15) is 0 Å². The summed E-state index contributed by atoms with van der Waals surface area (Å²) in [4.78, 5) is 19.3. The molecule has 0 amide bonds. The number of nitrogens with zero attached hydrogens (tertiary/aromatic N) is 4. The molecule has 8 aromatic carbocycles. The van der Waals surface area contributed by atoms with Gasteiger partial charge < -0.3 is 52.5 Å². The Morgan fingerprint density at radius 3 is 0.605 bits per heavy atom. The first-order chi connectivity index (χ1) is 34.3. The van der Waals surface area contributed by atoms with Gasteiger partial charge >= 0.3 is 0 Å². The summed E-state index contributed by atoms with van der Waals surface area (Å²) in [5.41, 5.74) is 5.95. The van der Waals surface area contributed by atoms with Crippen molar-refractivity contribution in [2.24, 2.45) is 20.0 Å². The maximum Gasteiger partial charge on any atom is 0.101 e. The molecule has 0 unspecified atom stereocenters. The molecule has 0 aliphatic heterocycles. The van der Waals surface area contributed by atoms with Crippen molar-refractivity contribution in [3.8, 4) is 23.0 Å². The average Bonchev–Trinajstić information content (AvgIpc) is 3.39. The molecule has 0 spiro atoms. The molecule has 0 radical (unpaired) electrons. The van der Waals surface area contributed by atoms with Gasteiger partial charge in [-0.25, -0.2) is 0 Å². The topological polar surface area (TPSA) is 296 Å². The van der Waals surface area contributed by atoms with Crippen molar-refractivity contribution >= 4 is 24.9 Å². The van der Waals surface area contributed by atoms with Crippen LogP contribution in [0, 0.1) is 62.2 Å². The van der Waals surface area contributed by atoms with E-state index < -0.39 is 0 Å². The van der Waals surface area contributed by atoms with Crippen molar-refractivity contribution in [1.82, 2.24) is 0 Å². The Morgan fingerprint density at radius 1 is 0.303 bits per heavy atom. The van der Waals surface area contributed by atoms with Crippen LogP contribution in [-0.2, 0) is 21.9 Å². The van der Waals surface area contributed by atoms with E-state index in [-0.39, 0.29) is 145 Å². The number of aliphatic imine (C=N–C) groups is 4. The van der Waals surface area contributed by atoms with Crippen LogP contribution in [-0.4, -0.2) is 48.3 Å². The van der Waals surface area contributed by atoms with Gasteiger partial charge in [0.15, 0.2) is 0 Å². The first-order valence-electron chi connectivity index (χ1n) is 22.9. The Bertz CT molecular complexity index is 2480. The fraction of sp³-hybridized carbons (Fsp3) is 0.133. The molecule has 0 fully saturated rings. The first kappa shape index (κ1) is 71.6. The zero-order valence-electron chi connectivity index (χ0n) is 41.8. The second kappa shape index (κ2) is 40.8. The molecule has 8 aromatic rings. The van der Waals surface area contributed by atoms with Crippen LogP contribution in [0.3, 0.4) is 0 Å². The number of rotatable bonds is 14. The normalized spacial score (nSPS) is 11.7.